The number of aromatic nitrogens is 1. The molecule has 0 saturated heterocycles. The molecule has 3 N–H and O–H groups in total. The van der Waals surface area contributed by atoms with Gasteiger partial charge in [0, 0.05) is 23.0 Å². The van der Waals surface area contributed by atoms with Gasteiger partial charge in [-0.15, -0.1) is 0 Å². The molecule has 0 atom stereocenters. The van der Waals surface area contributed by atoms with Gasteiger partial charge >= 0.3 is 5.97 Å². The minimum atomic E-state index is -1.12. The molecule has 1 heterocycles. The van der Waals surface area contributed by atoms with Gasteiger partial charge in [0.2, 0.25) is 5.91 Å². The zero-order valence-electron chi connectivity index (χ0n) is 13.0. The third kappa shape index (κ3) is 3.64. The van der Waals surface area contributed by atoms with Crippen molar-refractivity contribution in [3.8, 4) is 0 Å². The summed E-state index contributed by atoms with van der Waals surface area (Å²) in [5, 5.41) is 12.7. The number of carbonyl (C=O) groups is 2. The number of fused-ring (bicyclic) bond motifs is 1. The summed E-state index contributed by atoms with van der Waals surface area (Å²) in [6, 6.07) is 11.3. The zero-order valence-corrected chi connectivity index (χ0v) is 13.7. The lowest BCUT2D eigenvalue weighted by atomic mass is 10.1. The molecular formula is C18H14ClFN2O3. The Hall–Kier alpha value is -2.86. The van der Waals surface area contributed by atoms with E-state index in [9.17, 15) is 19.1 Å². The van der Waals surface area contributed by atoms with E-state index in [-0.39, 0.29) is 29.6 Å². The Morgan fingerprint density at radius 2 is 1.96 bits per heavy atom. The Bertz CT molecular complexity index is 968. The number of H-pyrrole nitrogens is 1. The number of aromatic amines is 1. The highest BCUT2D eigenvalue weighted by Gasteiger charge is 2.19. The van der Waals surface area contributed by atoms with E-state index >= 15 is 0 Å². The van der Waals surface area contributed by atoms with Gasteiger partial charge in [0.1, 0.15) is 11.5 Å². The van der Waals surface area contributed by atoms with E-state index in [1.807, 2.05) is 0 Å². The number of amides is 1. The first-order valence-corrected chi connectivity index (χ1v) is 7.87. The van der Waals surface area contributed by atoms with Gasteiger partial charge in [0.25, 0.3) is 0 Å². The van der Waals surface area contributed by atoms with Gasteiger partial charge in [-0.2, -0.15) is 0 Å². The van der Waals surface area contributed by atoms with Gasteiger partial charge < -0.3 is 15.4 Å². The Morgan fingerprint density at radius 1 is 1.20 bits per heavy atom. The second kappa shape index (κ2) is 6.94. The van der Waals surface area contributed by atoms with Crippen LogP contribution in [0.4, 0.5) is 4.39 Å². The van der Waals surface area contributed by atoms with Crippen LogP contribution in [-0.2, 0) is 17.8 Å². The third-order valence-electron chi connectivity index (χ3n) is 3.84. The molecule has 0 unspecified atom stereocenters. The molecule has 1 amide bonds. The maximum absolute atomic E-state index is 13.1. The Balaban J connectivity index is 1.76. The molecule has 0 radical (unpaired) electrons. The molecule has 0 aliphatic heterocycles. The maximum atomic E-state index is 13.1. The first-order valence-electron chi connectivity index (χ1n) is 7.49. The maximum Gasteiger partial charge on any atom is 0.352 e. The van der Waals surface area contributed by atoms with Gasteiger partial charge in [0.05, 0.1) is 11.4 Å². The van der Waals surface area contributed by atoms with E-state index in [0.29, 0.717) is 22.0 Å². The van der Waals surface area contributed by atoms with Crippen molar-refractivity contribution in [2.45, 2.75) is 13.0 Å². The van der Waals surface area contributed by atoms with Gasteiger partial charge in [-0.1, -0.05) is 35.9 Å². The van der Waals surface area contributed by atoms with E-state index in [0.717, 1.165) is 0 Å². The smallest absolute Gasteiger partial charge is 0.352 e. The average Bonchev–Trinajstić information content (AvgIpc) is 2.95. The first kappa shape index (κ1) is 17.0. The molecule has 2 aromatic carbocycles. The average molecular weight is 361 g/mol. The number of benzene rings is 2. The standard InChI is InChI=1S/C18H14ClFN2O3/c19-13-7-10(5-6-14(13)20)9-21-16(23)8-12-11-3-1-2-4-15(11)22-17(12)18(24)25/h1-7,22H,8-9H2,(H,21,23)(H,24,25). The second-order valence-electron chi connectivity index (χ2n) is 5.53. The molecule has 0 bridgehead atoms. The predicted octanol–water partition coefficient (Wildman–Crippen LogP) is 3.52. The van der Waals surface area contributed by atoms with Crippen LogP contribution in [-0.4, -0.2) is 22.0 Å². The highest BCUT2D eigenvalue weighted by atomic mass is 35.5. The van der Waals surface area contributed by atoms with Gasteiger partial charge in [-0.3, -0.25) is 4.79 Å². The minimum Gasteiger partial charge on any atom is -0.477 e. The number of carboxylic acid groups (broad SMARTS) is 1. The van der Waals surface area contributed by atoms with Crippen molar-refractivity contribution in [3.05, 3.63) is 70.1 Å². The fourth-order valence-corrected chi connectivity index (χ4v) is 2.84. The molecule has 25 heavy (non-hydrogen) atoms. The topological polar surface area (TPSA) is 82.2 Å². The van der Waals surface area contributed by atoms with Crippen LogP contribution >= 0.6 is 11.6 Å². The summed E-state index contributed by atoms with van der Waals surface area (Å²) in [4.78, 5) is 26.5. The van der Waals surface area contributed by atoms with Crippen molar-refractivity contribution in [2.24, 2.45) is 0 Å². The molecule has 0 saturated carbocycles. The molecule has 0 spiro atoms. The van der Waals surface area contributed by atoms with Crippen molar-refractivity contribution in [3.63, 3.8) is 0 Å². The lowest BCUT2D eigenvalue weighted by molar-refractivity contribution is -0.120. The minimum absolute atomic E-state index is 0.00109. The molecule has 7 heteroatoms. The summed E-state index contributed by atoms with van der Waals surface area (Å²) in [6.07, 6.45) is -0.0828. The van der Waals surface area contributed by atoms with E-state index in [4.69, 9.17) is 11.6 Å². The number of hydrogen-bond acceptors (Lipinski definition) is 2. The normalized spacial score (nSPS) is 10.8. The molecule has 3 aromatic rings. The van der Waals surface area contributed by atoms with Gasteiger partial charge in [-0.05, 0) is 23.8 Å². The van der Waals surface area contributed by atoms with E-state index in [1.165, 1.54) is 18.2 Å². The number of aromatic carboxylic acids is 1. The highest BCUT2D eigenvalue weighted by Crippen LogP contribution is 2.23. The number of hydrogen-bond donors (Lipinski definition) is 3. The fraction of sp³-hybridized carbons (Fsp3) is 0.111. The summed E-state index contributed by atoms with van der Waals surface area (Å²) >= 11 is 5.71. The largest absolute Gasteiger partial charge is 0.477 e. The van der Waals surface area contributed by atoms with Crippen LogP contribution in [0.2, 0.25) is 5.02 Å². The summed E-state index contributed by atoms with van der Waals surface area (Å²) in [7, 11) is 0. The van der Waals surface area contributed by atoms with Crippen LogP contribution in [0.15, 0.2) is 42.5 Å². The first-order chi connectivity index (χ1) is 12.0. The van der Waals surface area contributed by atoms with Gasteiger partial charge in [-0.25, -0.2) is 9.18 Å². The predicted molar refractivity (Wildman–Crippen MR) is 92.2 cm³/mol. The van der Waals surface area contributed by atoms with E-state index in [2.05, 4.69) is 10.3 Å². The van der Waals surface area contributed by atoms with E-state index in [1.54, 1.807) is 24.3 Å². The molecule has 0 fully saturated rings. The second-order valence-corrected chi connectivity index (χ2v) is 5.94. The van der Waals surface area contributed by atoms with Gasteiger partial charge in [0.15, 0.2) is 0 Å². The summed E-state index contributed by atoms with van der Waals surface area (Å²) in [5.41, 5.74) is 1.74. The number of rotatable bonds is 5. The van der Waals surface area contributed by atoms with Crippen molar-refractivity contribution >= 4 is 34.4 Å². The van der Waals surface area contributed by atoms with Crippen molar-refractivity contribution in [1.82, 2.24) is 10.3 Å². The molecule has 0 aliphatic rings. The molecule has 1 aromatic heterocycles. The lowest BCUT2D eigenvalue weighted by Crippen LogP contribution is -2.25. The van der Waals surface area contributed by atoms with Crippen molar-refractivity contribution < 1.29 is 19.1 Å². The van der Waals surface area contributed by atoms with Crippen molar-refractivity contribution in [1.29, 1.82) is 0 Å². The molecule has 128 valence electrons. The number of carboxylic acids is 1. The lowest BCUT2D eigenvalue weighted by Gasteiger charge is -2.07. The zero-order chi connectivity index (χ0) is 18.0. The van der Waals surface area contributed by atoms with Crippen LogP contribution < -0.4 is 5.32 Å². The molecule has 0 aliphatic carbocycles. The van der Waals surface area contributed by atoms with Crippen LogP contribution in [0.5, 0.6) is 0 Å². The fourth-order valence-electron chi connectivity index (χ4n) is 2.64. The van der Waals surface area contributed by atoms with Crippen LogP contribution in [0.3, 0.4) is 0 Å². The number of halogens is 2. The Labute approximate surface area is 147 Å². The molecule has 5 nitrogen and oxygen atoms in total. The Kier molecular flexibility index (Phi) is 4.72. The highest BCUT2D eigenvalue weighted by molar-refractivity contribution is 6.30. The van der Waals surface area contributed by atoms with Crippen molar-refractivity contribution in [2.75, 3.05) is 0 Å². The summed E-state index contributed by atoms with van der Waals surface area (Å²) in [6.45, 7) is 0.170. The molecule has 3 rings (SSSR count). The van der Waals surface area contributed by atoms with E-state index < -0.39 is 11.8 Å². The quantitative estimate of drug-likeness (QED) is 0.651. The number of carbonyl (C=O) groups excluding carboxylic acids is 1. The summed E-state index contributed by atoms with van der Waals surface area (Å²) in [5.74, 6) is -1.99. The number of nitrogens with one attached hydrogen (secondary N) is 2. The number of para-hydroxylation sites is 1. The summed E-state index contributed by atoms with van der Waals surface area (Å²) < 4.78 is 13.1. The SMILES string of the molecule is O=C(Cc1c(C(=O)O)[nH]c2ccccc12)NCc1ccc(F)c(Cl)c1. The monoisotopic (exact) mass is 360 g/mol. The Morgan fingerprint density at radius 3 is 2.68 bits per heavy atom. The van der Waals surface area contributed by atoms with Crippen LogP contribution in [0, 0.1) is 5.82 Å². The van der Waals surface area contributed by atoms with Crippen LogP contribution in [0.1, 0.15) is 21.6 Å². The molecular weight excluding hydrogens is 347 g/mol. The third-order valence-corrected chi connectivity index (χ3v) is 4.13. The van der Waals surface area contributed by atoms with Crippen LogP contribution in [0.25, 0.3) is 10.9 Å².